The van der Waals surface area contributed by atoms with Crippen molar-refractivity contribution in [1.29, 1.82) is 0 Å². The second kappa shape index (κ2) is 6.40. The Balaban J connectivity index is 2.18. The smallest absolute Gasteiger partial charge is 0.165 e. The summed E-state index contributed by atoms with van der Waals surface area (Å²) in [6.45, 7) is 0. The van der Waals surface area contributed by atoms with Crippen LogP contribution in [0.3, 0.4) is 0 Å². The van der Waals surface area contributed by atoms with Crippen molar-refractivity contribution in [2.75, 3.05) is 7.11 Å². The van der Waals surface area contributed by atoms with Gasteiger partial charge in [-0.3, -0.25) is 0 Å². The lowest BCUT2D eigenvalue weighted by Crippen LogP contribution is -1.98. The number of rotatable bonds is 4. The van der Waals surface area contributed by atoms with Gasteiger partial charge in [-0.2, -0.15) is 0 Å². The summed E-state index contributed by atoms with van der Waals surface area (Å²) in [5.41, 5.74) is 1.89. The van der Waals surface area contributed by atoms with Crippen LogP contribution in [0.2, 0.25) is 5.02 Å². The Labute approximate surface area is 125 Å². The Hall–Kier alpha value is -1.06. The predicted molar refractivity (Wildman–Crippen MR) is 79.8 cm³/mol. The molecule has 0 radical (unpaired) electrons. The fourth-order valence-electron chi connectivity index (χ4n) is 1.85. The summed E-state index contributed by atoms with van der Waals surface area (Å²) < 4.78 is 18.6. The summed E-state index contributed by atoms with van der Waals surface area (Å²) in [6, 6.07) is 12.6. The maximum atomic E-state index is 13.7. The van der Waals surface area contributed by atoms with E-state index in [9.17, 15) is 4.39 Å². The third-order valence-electron chi connectivity index (χ3n) is 2.89. The molecule has 2 aromatic carbocycles. The summed E-state index contributed by atoms with van der Waals surface area (Å²) in [6.07, 6.45) is 0.700. The predicted octanol–water partition coefficient (Wildman–Crippen LogP) is 5.17. The second-order valence-electron chi connectivity index (χ2n) is 4.16. The molecule has 0 heterocycles. The molecule has 0 N–H and O–H groups in total. The SMILES string of the molecule is COc1ccc(C(Br)Cc2ccccc2Cl)cc1F. The molecule has 100 valence electrons. The van der Waals surface area contributed by atoms with Crippen molar-refractivity contribution in [2.24, 2.45) is 0 Å². The van der Waals surface area contributed by atoms with Gasteiger partial charge in [-0.15, -0.1) is 0 Å². The number of halogens is 3. The largest absolute Gasteiger partial charge is 0.494 e. The van der Waals surface area contributed by atoms with Crippen LogP contribution in [0, 0.1) is 5.82 Å². The van der Waals surface area contributed by atoms with Gasteiger partial charge in [-0.05, 0) is 35.7 Å². The molecule has 19 heavy (non-hydrogen) atoms. The van der Waals surface area contributed by atoms with Crippen LogP contribution < -0.4 is 4.74 Å². The highest BCUT2D eigenvalue weighted by Crippen LogP contribution is 2.31. The van der Waals surface area contributed by atoms with Crippen LogP contribution in [-0.4, -0.2) is 7.11 Å². The van der Waals surface area contributed by atoms with Crippen molar-refractivity contribution in [3.8, 4) is 5.75 Å². The number of hydrogen-bond acceptors (Lipinski definition) is 1. The highest BCUT2D eigenvalue weighted by molar-refractivity contribution is 9.09. The molecule has 0 fully saturated rings. The van der Waals surface area contributed by atoms with Gasteiger partial charge in [-0.25, -0.2) is 4.39 Å². The monoisotopic (exact) mass is 342 g/mol. The van der Waals surface area contributed by atoms with Crippen LogP contribution in [0.4, 0.5) is 4.39 Å². The minimum Gasteiger partial charge on any atom is -0.494 e. The van der Waals surface area contributed by atoms with E-state index >= 15 is 0 Å². The van der Waals surface area contributed by atoms with E-state index in [0.29, 0.717) is 6.42 Å². The standard InChI is InChI=1S/C15H13BrClFO/c1-19-15-7-6-10(9-14(15)18)12(16)8-11-4-2-3-5-13(11)17/h2-7,9,12H,8H2,1H3. The maximum Gasteiger partial charge on any atom is 0.165 e. The average Bonchev–Trinajstić information content (AvgIpc) is 2.41. The molecule has 1 atom stereocenters. The van der Waals surface area contributed by atoms with Gasteiger partial charge in [0, 0.05) is 9.85 Å². The maximum absolute atomic E-state index is 13.7. The van der Waals surface area contributed by atoms with E-state index in [1.54, 1.807) is 6.07 Å². The molecule has 2 rings (SSSR count). The Morgan fingerprint density at radius 3 is 2.63 bits per heavy atom. The topological polar surface area (TPSA) is 9.23 Å². The minimum atomic E-state index is -0.358. The van der Waals surface area contributed by atoms with Gasteiger partial charge in [0.25, 0.3) is 0 Å². The van der Waals surface area contributed by atoms with Gasteiger partial charge in [-0.1, -0.05) is 51.8 Å². The molecule has 0 saturated carbocycles. The van der Waals surface area contributed by atoms with Crippen LogP contribution >= 0.6 is 27.5 Å². The summed E-state index contributed by atoms with van der Waals surface area (Å²) in [7, 11) is 1.45. The number of benzene rings is 2. The van der Waals surface area contributed by atoms with Crippen LogP contribution in [0.15, 0.2) is 42.5 Å². The van der Waals surface area contributed by atoms with E-state index in [0.717, 1.165) is 16.1 Å². The molecule has 4 heteroatoms. The molecule has 0 aliphatic rings. The van der Waals surface area contributed by atoms with Gasteiger partial charge in [0.05, 0.1) is 7.11 Å². The van der Waals surface area contributed by atoms with E-state index in [4.69, 9.17) is 16.3 Å². The summed E-state index contributed by atoms with van der Waals surface area (Å²) in [5, 5.41) is 0.723. The van der Waals surface area contributed by atoms with Crippen LogP contribution in [0.1, 0.15) is 16.0 Å². The molecule has 0 spiro atoms. The van der Waals surface area contributed by atoms with Crippen molar-refractivity contribution in [1.82, 2.24) is 0 Å². The normalized spacial score (nSPS) is 12.2. The number of hydrogen-bond donors (Lipinski definition) is 0. The summed E-state index contributed by atoms with van der Waals surface area (Å²) in [4.78, 5) is 0.00723. The fourth-order valence-corrected chi connectivity index (χ4v) is 2.70. The fraction of sp³-hybridized carbons (Fsp3) is 0.200. The molecule has 0 aromatic heterocycles. The molecule has 1 unspecified atom stereocenters. The van der Waals surface area contributed by atoms with Crippen molar-refractivity contribution >= 4 is 27.5 Å². The van der Waals surface area contributed by atoms with E-state index in [1.807, 2.05) is 30.3 Å². The molecule has 0 bridgehead atoms. The lowest BCUT2D eigenvalue weighted by molar-refractivity contribution is 0.386. The number of alkyl halides is 1. The summed E-state index contributed by atoms with van der Waals surface area (Å²) >= 11 is 9.69. The van der Waals surface area contributed by atoms with Crippen LogP contribution in [0.5, 0.6) is 5.75 Å². The van der Waals surface area contributed by atoms with Crippen molar-refractivity contribution in [3.05, 3.63) is 64.4 Å². The molecule has 0 aliphatic carbocycles. The number of ether oxygens (including phenoxy) is 1. The van der Waals surface area contributed by atoms with Crippen molar-refractivity contribution < 1.29 is 9.13 Å². The highest BCUT2D eigenvalue weighted by Gasteiger charge is 2.13. The lowest BCUT2D eigenvalue weighted by Gasteiger charge is -2.12. The van der Waals surface area contributed by atoms with Gasteiger partial charge in [0.1, 0.15) is 0 Å². The summed E-state index contributed by atoms with van der Waals surface area (Å²) in [5.74, 6) is -0.107. The first kappa shape index (κ1) is 14.4. The van der Waals surface area contributed by atoms with Gasteiger partial charge >= 0.3 is 0 Å². The van der Waals surface area contributed by atoms with E-state index in [2.05, 4.69) is 15.9 Å². The number of methoxy groups -OCH3 is 1. The Kier molecular flexibility index (Phi) is 4.83. The van der Waals surface area contributed by atoms with E-state index in [-0.39, 0.29) is 16.4 Å². The first-order valence-corrected chi connectivity index (χ1v) is 7.12. The van der Waals surface area contributed by atoms with Gasteiger partial charge in [0.2, 0.25) is 0 Å². The highest BCUT2D eigenvalue weighted by atomic mass is 79.9. The quantitative estimate of drug-likeness (QED) is 0.696. The second-order valence-corrected chi connectivity index (χ2v) is 5.67. The van der Waals surface area contributed by atoms with E-state index < -0.39 is 0 Å². The molecule has 0 saturated heterocycles. The zero-order valence-corrected chi connectivity index (χ0v) is 12.7. The first-order valence-electron chi connectivity index (χ1n) is 5.82. The third-order valence-corrected chi connectivity index (χ3v) is 4.12. The van der Waals surface area contributed by atoms with Crippen LogP contribution in [-0.2, 0) is 6.42 Å². The van der Waals surface area contributed by atoms with Gasteiger partial charge in [0.15, 0.2) is 11.6 Å². The Bertz CT molecular complexity index is 574. The van der Waals surface area contributed by atoms with Crippen molar-refractivity contribution in [2.45, 2.75) is 11.2 Å². The molecule has 0 aliphatic heterocycles. The Morgan fingerprint density at radius 1 is 1.26 bits per heavy atom. The van der Waals surface area contributed by atoms with Crippen molar-refractivity contribution in [3.63, 3.8) is 0 Å². The lowest BCUT2D eigenvalue weighted by atomic mass is 10.0. The van der Waals surface area contributed by atoms with Gasteiger partial charge < -0.3 is 4.74 Å². The third kappa shape index (κ3) is 3.48. The zero-order valence-electron chi connectivity index (χ0n) is 10.4. The molecular formula is C15H13BrClFO. The Morgan fingerprint density at radius 2 is 2.00 bits per heavy atom. The molecular weight excluding hydrogens is 331 g/mol. The minimum absolute atomic E-state index is 0.00723. The van der Waals surface area contributed by atoms with Crippen LogP contribution in [0.25, 0.3) is 0 Å². The molecule has 2 aromatic rings. The molecule has 1 nitrogen and oxygen atoms in total. The average molecular weight is 344 g/mol. The first-order chi connectivity index (χ1) is 9.11. The van der Waals surface area contributed by atoms with E-state index in [1.165, 1.54) is 13.2 Å². The zero-order chi connectivity index (χ0) is 13.8. The molecule has 0 amide bonds.